The van der Waals surface area contributed by atoms with Crippen molar-refractivity contribution in [1.82, 2.24) is 14.8 Å². The molecule has 4 amide bonds. The highest BCUT2D eigenvalue weighted by atomic mass is 79.9. The highest BCUT2D eigenvalue weighted by Crippen LogP contribution is 2.65. The summed E-state index contributed by atoms with van der Waals surface area (Å²) in [4.78, 5) is 63.3. The molecule has 0 bridgehead atoms. The van der Waals surface area contributed by atoms with Crippen molar-refractivity contribution in [2.75, 3.05) is 18.5 Å². The van der Waals surface area contributed by atoms with Gasteiger partial charge in [-0.1, -0.05) is 106 Å². The smallest absolute Gasteiger partial charge is 0.260 e. The molecule has 9 nitrogen and oxygen atoms in total. The topological polar surface area (TPSA) is 110 Å². The Morgan fingerprint density at radius 1 is 0.818 bits per heavy atom. The molecular weight excluding hydrogens is 756 g/mol. The Bertz CT molecular complexity index is 2200. The van der Waals surface area contributed by atoms with Crippen LogP contribution in [0.5, 0.6) is 5.75 Å². The molecule has 9 rings (SSSR count). The zero-order valence-corrected chi connectivity index (χ0v) is 32.2. The van der Waals surface area contributed by atoms with E-state index in [1.54, 1.807) is 17.0 Å². The highest BCUT2D eigenvalue weighted by Gasteiger charge is 2.70. The van der Waals surface area contributed by atoms with Gasteiger partial charge in [0, 0.05) is 41.6 Å². The second kappa shape index (κ2) is 13.9. The van der Waals surface area contributed by atoms with Gasteiger partial charge in [-0.3, -0.25) is 34.4 Å². The van der Waals surface area contributed by atoms with Crippen LogP contribution in [0, 0.1) is 30.6 Å². The number of hydrogen-bond donors (Lipinski definition) is 2. The summed E-state index contributed by atoms with van der Waals surface area (Å²) in [5, 5.41) is 12.8. The Hall–Kier alpha value is -5.06. The van der Waals surface area contributed by atoms with Crippen molar-refractivity contribution in [2.45, 2.75) is 56.5 Å². The lowest BCUT2D eigenvalue weighted by molar-refractivity contribution is -0.144. The first-order valence-corrected chi connectivity index (χ1v) is 20.0. The van der Waals surface area contributed by atoms with E-state index in [9.17, 15) is 19.5 Å². The highest BCUT2D eigenvalue weighted by molar-refractivity contribution is 9.10. The molecule has 3 aliphatic heterocycles. The van der Waals surface area contributed by atoms with Crippen molar-refractivity contribution in [2.24, 2.45) is 23.7 Å². The van der Waals surface area contributed by atoms with Gasteiger partial charge in [-0.05, 0) is 80.0 Å². The van der Waals surface area contributed by atoms with Gasteiger partial charge < -0.3 is 5.11 Å². The van der Waals surface area contributed by atoms with E-state index in [4.69, 9.17) is 0 Å². The first-order chi connectivity index (χ1) is 26.7. The fraction of sp³-hybridized carbons (Fsp3) is 0.333. The second-order valence-corrected chi connectivity index (χ2v) is 16.7. The summed E-state index contributed by atoms with van der Waals surface area (Å²) in [6.45, 7) is 4.36. The SMILES string of the molecule is Cc1ccc(NN2C(=O)C3CC4C(=CCC5C(=O)N(C6CCN(Cc7ccccc7)CC6)C(=O)C54)C(c4cc(Br)ccc4O)C3(c3ccccc3)C2=O)cc1. The number of phenolic OH excluding ortho intramolecular Hbond substituents is 1. The maximum absolute atomic E-state index is 15.3. The van der Waals surface area contributed by atoms with Crippen molar-refractivity contribution >= 4 is 45.2 Å². The Morgan fingerprint density at radius 2 is 1.51 bits per heavy atom. The van der Waals surface area contributed by atoms with Crippen molar-refractivity contribution in [3.05, 3.63) is 142 Å². The number of fused-ring (bicyclic) bond motifs is 4. The molecule has 280 valence electrons. The number of piperidine rings is 1. The molecule has 4 fully saturated rings. The Balaban J connectivity index is 1.11. The van der Waals surface area contributed by atoms with Gasteiger partial charge in [0.2, 0.25) is 11.8 Å². The van der Waals surface area contributed by atoms with Crippen LogP contribution < -0.4 is 5.43 Å². The van der Waals surface area contributed by atoms with Gasteiger partial charge in [0.1, 0.15) is 5.75 Å². The number of likely N-dealkylation sites (tertiary alicyclic amines) is 2. The maximum atomic E-state index is 15.3. The zero-order chi connectivity index (χ0) is 38.0. The number of aryl methyl sites for hydroxylation is 1. The van der Waals surface area contributed by atoms with Crippen LogP contribution in [0.1, 0.15) is 53.9 Å². The van der Waals surface area contributed by atoms with Crippen LogP contribution in [-0.4, -0.2) is 62.7 Å². The third-order valence-corrected chi connectivity index (χ3v) is 13.4. The van der Waals surface area contributed by atoms with Crippen LogP contribution in [-0.2, 0) is 31.1 Å². The van der Waals surface area contributed by atoms with Gasteiger partial charge >= 0.3 is 0 Å². The standard InChI is InChI=1S/C45H43BrN4O5/c1-27-12-15-31(16-13-27)47-50-42(53)37-25-35-33(40(36-24-30(46)14-19-38(36)51)45(37,44(50)55)29-10-6-3-7-11-29)17-18-34-39(35)43(54)49(41(34)52)32-20-22-48(23-21-32)26-28-8-4-2-5-9-28/h2-17,19,24,32,34-35,37,39-40,47,51H,18,20-23,25-26H2,1H3. The van der Waals surface area contributed by atoms with Crippen LogP contribution >= 0.6 is 15.9 Å². The largest absolute Gasteiger partial charge is 0.508 e. The van der Waals surface area contributed by atoms with E-state index in [0.717, 1.165) is 35.8 Å². The van der Waals surface area contributed by atoms with Crippen LogP contribution in [0.25, 0.3) is 0 Å². The number of rotatable bonds is 7. The van der Waals surface area contributed by atoms with Crippen LogP contribution in [0.3, 0.4) is 0 Å². The van der Waals surface area contributed by atoms with Crippen molar-refractivity contribution < 1.29 is 24.3 Å². The Morgan fingerprint density at radius 3 is 2.22 bits per heavy atom. The quantitative estimate of drug-likeness (QED) is 0.152. The van der Waals surface area contributed by atoms with Crippen LogP contribution in [0.15, 0.2) is 119 Å². The molecular formula is C45H43BrN4O5. The summed E-state index contributed by atoms with van der Waals surface area (Å²) in [6, 6.07) is 32.2. The minimum atomic E-state index is -1.44. The zero-order valence-electron chi connectivity index (χ0n) is 30.6. The number of imide groups is 2. The van der Waals surface area contributed by atoms with Gasteiger partial charge in [0.05, 0.1) is 28.9 Å². The molecule has 0 radical (unpaired) electrons. The molecule has 4 aromatic carbocycles. The summed E-state index contributed by atoms with van der Waals surface area (Å²) in [5.74, 6) is -4.51. The summed E-state index contributed by atoms with van der Waals surface area (Å²) in [6.07, 6.45) is 4.01. The number of amides is 4. The predicted molar refractivity (Wildman–Crippen MR) is 211 cm³/mol. The van der Waals surface area contributed by atoms with E-state index < -0.39 is 46.8 Å². The molecule has 4 aromatic rings. The molecule has 6 atom stereocenters. The number of allylic oxidation sites excluding steroid dienone is 2. The molecule has 3 heterocycles. The lowest BCUT2D eigenvalue weighted by atomic mass is 9.49. The Kier molecular flexibility index (Phi) is 9.01. The predicted octanol–water partition coefficient (Wildman–Crippen LogP) is 7.11. The molecule has 0 spiro atoms. The minimum Gasteiger partial charge on any atom is -0.508 e. The molecule has 2 aliphatic carbocycles. The number of anilines is 1. The lowest BCUT2D eigenvalue weighted by Crippen LogP contribution is -2.53. The summed E-state index contributed by atoms with van der Waals surface area (Å²) >= 11 is 3.61. The van der Waals surface area contributed by atoms with E-state index in [2.05, 4.69) is 38.4 Å². The number of aromatic hydroxyl groups is 1. The van der Waals surface area contributed by atoms with Gasteiger partial charge in [0.15, 0.2) is 0 Å². The Labute approximate surface area is 329 Å². The van der Waals surface area contributed by atoms with Crippen molar-refractivity contribution in [1.29, 1.82) is 0 Å². The third-order valence-electron chi connectivity index (χ3n) is 12.9. The molecule has 2 N–H and O–H groups in total. The summed E-state index contributed by atoms with van der Waals surface area (Å²) < 4.78 is 0.708. The van der Waals surface area contributed by atoms with Crippen molar-refractivity contribution in [3.8, 4) is 5.75 Å². The average molecular weight is 800 g/mol. The monoisotopic (exact) mass is 798 g/mol. The number of halogens is 1. The molecule has 3 saturated heterocycles. The number of carbonyl (C=O) groups is 4. The average Bonchev–Trinajstić information content (AvgIpc) is 3.58. The fourth-order valence-electron chi connectivity index (χ4n) is 10.4. The van der Waals surface area contributed by atoms with E-state index in [1.165, 1.54) is 5.56 Å². The van der Waals surface area contributed by atoms with E-state index in [-0.39, 0.29) is 30.0 Å². The number of nitrogens with one attached hydrogen (secondary N) is 1. The van der Waals surface area contributed by atoms with E-state index in [1.807, 2.05) is 91.9 Å². The number of hydrazine groups is 1. The normalized spacial score (nSPS) is 28.2. The van der Waals surface area contributed by atoms with Crippen LogP contribution in [0.4, 0.5) is 5.69 Å². The van der Waals surface area contributed by atoms with Crippen LogP contribution in [0.2, 0.25) is 0 Å². The number of phenols is 1. The molecule has 55 heavy (non-hydrogen) atoms. The fourth-order valence-corrected chi connectivity index (χ4v) is 10.8. The maximum Gasteiger partial charge on any atom is 0.260 e. The van der Waals surface area contributed by atoms with Gasteiger partial charge in [0.25, 0.3) is 11.8 Å². The number of nitrogens with zero attached hydrogens (tertiary/aromatic N) is 3. The third kappa shape index (κ3) is 5.75. The number of benzene rings is 4. The lowest BCUT2D eigenvalue weighted by Gasteiger charge is -2.50. The number of carbonyl (C=O) groups excluding carboxylic acids is 4. The first kappa shape index (κ1) is 35.6. The molecule has 0 aromatic heterocycles. The summed E-state index contributed by atoms with van der Waals surface area (Å²) in [7, 11) is 0. The number of hydrogen-bond acceptors (Lipinski definition) is 7. The van der Waals surface area contributed by atoms with Gasteiger partial charge in [-0.15, -0.1) is 0 Å². The molecule has 10 heteroatoms. The molecule has 5 aliphatic rings. The minimum absolute atomic E-state index is 0.00571. The van der Waals surface area contributed by atoms with E-state index >= 15 is 4.79 Å². The molecule has 6 unspecified atom stereocenters. The second-order valence-electron chi connectivity index (χ2n) is 15.8. The molecule has 1 saturated carbocycles. The summed E-state index contributed by atoms with van der Waals surface area (Å²) in [5.41, 5.74) is 6.55. The van der Waals surface area contributed by atoms with Gasteiger partial charge in [-0.2, -0.15) is 5.01 Å². The van der Waals surface area contributed by atoms with E-state index in [0.29, 0.717) is 40.5 Å². The van der Waals surface area contributed by atoms with Crippen molar-refractivity contribution in [3.63, 3.8) is 0 Å². The first-order valence-electron chi connectivity index (χ1n) is 19.3. The van der Waals surface area contributed by atoms with Gasteiger partial charge in [-0.25, -0.2) is 0 Å².